The Morgan fingerprint density at radius 1 is 1.26 bits per heavy atom. The number of nitrogens with two attached hydrogens (primary N) is 1. The smallest absolute Gasteiger partial charge is 0.226 e. The van der Waals surface area contributed by atoms with Crippen molar-refractivity contribution in [3.8, 4) is 0 Å². The third kappa shape index (κ3) is 3.95. The molecular formula is C18H21Cl2N7. The molecule has 1 atom stereocenters. The Balaban J connectivity index is 1.53. The quantitative estimate of drug-likeness (QED) is 0.545. The first-order valence-electron chi connectivity index (χ1n) is 8.80. The molecule has 2 aromatic heterocycles. The van der Waals surface area contributed by atoms with E-state index in [0.717, 1.165) is 22.4 Å². The maximum atomic E-state index is 6.26. The van der Waals surface area contributed by atoms with Gasteiger partial charge in [-0.25, -0.2) is 0 Å². The van der Waals surface area contributed by atoms with Crippen LogP contribution in [0.3, 0.4) is 0 Å². The summed E-state index contributed by atoms with van der Waals surface area (Å²) in [6.45, 7) is 0.517. The Bertz CT molecular complexity index is 934. The lowest BCUT2D eigenvalue weighted by atomic mass is 9.91. The summed E-state index contributed by atoms with van der Waals surface area (Å²) in [5.41, 5.74) is 8.06. The molecule has 7 nitrogen and oxygen atoms in total. The third-order valence-corrected chi connectivity index (χ3v) is 5.35. The second-order valence-electron chi connectivity index (χ2n) is 6.90. The first kappa shape index (κ1) is 18.3. The molecule has 1 aromatic carbocycles. The van der Waals surface area contributed by atoms with Gasteiger partial charge in [0.25, 0.3) is 0 Å². The van der Waals surface area contributed by atoms with Crippen LogP contribution in [-0.2, 0) is 7.05 Å². The molecule has 0 bridgehead atoms. The zero-order valence-corrected chi connectivity index (χ0v) is 16.4. The molecule has 1 aliphatic carbocycles. The van der Waals surface area contributed by atoms with Crippen LogP contribution in [0.4, 0.5) is 11.8 Å². The van der Waals surface area contributed by atoms with E-state index in [2.05, 4.69) is 25.7 Å². The number of fused-ring (bicyclic) bond motifs is 1. The topological polar surface area (TPSA) is 93.7 Å². The number of nitrogens with one attached hydrogen (secondary N) is 2. The van der Waals surface area contributed by atoms with Crippen LogP contribution < -0.4 is 16.4 Å². The first-order chi connectivity index (χ1) is 12.9. The molecule has 1 aliphatic rings. The van der Waals surface area contributed by atoms with Gasteiger partial charge in [0.05, 0.1) is 11.6 Å². The molecule has 9 heteroatoms. The maximum Gasteiger partial charge on any atom is 0.226 e. The van der Waals surface area contributed by atoms with Gasteiger partial charge in [0.1, 0.15) is 10.2 Å². The fourth-order valence-electron chi connectivity index (χ4n) is 3.19. The van der Waals surface area contributed by atoms with Crippen molar-refractivity contribution >= 4 is 46.0 Å². The van der Waals surface area contributed by atoms with Crippen molar-refractivity contribution in [3.63, 3.8) is 0 Å². The highest BCUT2D eigenvalue weighted by Gasteiger charge is 2.41. The first-order valence-corrected chi connectivity index (χ1v) is 9.55. The lowest BCUT2D eigenvalue weighted by molar-refractivity contribution is 0.413. The second-order valence-corrected chi connectivity index (χ2v) is 8.55. The molecule has 27 heavy (non-hydrogen) atoms. The van der Waals surface area contributed by atoms with Gasteiger partial charge < -0.3 is 16.4 Å². The molecule has 1 fully saturated rings. The maximum absolute atomic E-state index is 6.26. The molecule has 0 aliphatic heterocycles. The third-order valence-electron chi connectivity index (χ3n) is 4.73. The lowest BCUT2D eigenvalue weighted by Crippen LogP contribution is -2.43. The fraction of sp³-hybridized carbons (Fsp3) is 0.389. The van der Waals surface area contributed by atoms with Gasteiger partial charge in [0.2, 0.25) is 5.95 Å². The number of rotatable bonds is 6. The number of aromatic nitrogens is 4. The predicted molar refractivity (Wildman–Crippen MR) is 109 cm³/mol. The summed E-state index contributed by atoms with van der Waals surface area (Å²) >= 11 is 12.2. The number of nitrogens with zero attached hydrogens (tertiary/aromatic N) is 4. The van der Waals surface area contributed by atoms with Crippen LogP contribution in [0.1, 0.15) is 24.4 Å². The molecule has 0 amide bonds. The normalized spacial score (nSPS) is 17.5. The van der Waals surface area contributed by atoms with Crippen LogP contribution in [-0.4, -0.2) is 36.7 Å². The highest BCUT2D eigenvalue weighted by Crippen LogP contribution is 2.43. The van der Waals surface area contributed by atoms with Crippen LogP contribution in [0, 0.1) is 0 Å². The van der Waals surface area contributed by atoms with Crippen LogP contribution in [0.15, 0.2) is 36.5 Å². The van der Waals surface area contributed by atoms with Crippen molar-refractivity contribution in [1.29, 1.82) is 0 Å². The second kappa shape index (κ2) is 7.14. The largest absolute Gasteiger partial charge is 0.366 e. The van der Waals surface area contributed by atoms with Gasteiger partial charge in [-0.05, 0) is 5.56 Å². The van der Waals surface area contributed by atoms with Crippen molar-refractivity contribution in [1.82, 2.24) is 19.7 Å². The Hall–Kier alpha value is -2.09. The summed E-state index contributed by atoms with van der Waals surface area (Å²) in [5, 5.41) is 11.8. The van der Waals surface area contributed by atoms with E-state index in [9.17, 15) is 0 Å². The summed E-state index contributed by atoms with van der Waals surface area (Å²) in [4.78, 5) is 9.19. The number of hydrogen-bond acceptors (Lipinski definition) is 6. The Morgan fingerprint density at radius 3 is 2.70 bits per heavy atom. The Labute approximate surface area is 167 Å². The van der Waals surface area contributed by atoms with Gasteiger partial charge in [-0.1, -0.05) is 30.3 Å². The average Bonchev–Trinajstić information content (AvgIpc) is 3.00. The SMILES string of the molecule is Cn1ncc2c(NC3CC(Cl)(Cl)C3)nc(NCC(N)c3ccccc3)nc21. The van der Waals surface area contributed by atoms with Gasteiger partial charge in [0.15, 0.2) is 5.65 Å². The molecule has 4 rings (SSSR count). The summed E-state index contributed by atoms with van der Waals surface area (Å²) < 4.78 is 1.07. The number of alkyl halides is 2. The number of anilines is 2. The highest BCUT2D eigenvalue weighted by molar-refractivity contribution is 6.49. The van der Waals surface area contributed by atoms with Crippen LogP contribution in [0.25, 0.3) is 11.0 Å². The molecule has 3 aromatic rings. The zero-order chi connectivity index (χ0) is 19.0. The molecule has 0 saturated heterocycles. The van der Waals surface area contributed by atoms with Crippen LogP contribution >= 0.6 is 23.2 Å². The van der Waals surface area contributed by atoms with E-state index in [-0.39, 0.29) is 12.1 Å². The predicted octanol–water partition coefficient (Wildman–Crippen LogP) is 3.22. The van der Waals surface area contributed by atoms with Crippen molar-refractivity contribution in [2.45, 2.75) is 29.3 Å². The van der Waals surface area contributed by atoms with Crippen LogP contribution in [0.5, 0.6) is 0 Å². The number of benzene rings is 1. The van der Waals surface area contributed by atoms with Gasteiger partial charge in [-0.15, -0.1) is 23.2 Å². The lowest BCUT2D eigenvalue weighted by Gasteiger charge is -2.38. The van der Waals surface area contributed by atoms with Crippen LogP contribution in [0.2, 0.25) is 0 Å². The minimum atomic E-state index is -0.651. The van der Waals surface area contributed by atoms with E-state index in [1.165, 1.54) is 0 Å². The number of hydrogen-bond donors (Lipinski definition) is 3. The highest BCUT2D eigenvalue weighted by atomic mass is 35.5. The van der Waals surface area contributed by atoms with Gasteiger partial charge in [-0.3, -0.25) is 4.68 Å². The fourth-order valence-corrected chi connectivity index (χ4v) is 3.93. The molecule has 2 heterocycles. The van der Waals surface area contributed by atoms with Gasteiger partial charge in [-0.2, -0.15) is 15.1 Å². The summed E-state index contributed by atoms with van der Waals surface area (Å²) in [6, 6.07) is 9.95. The standard InChI is InChI=1S/C18H21Cl2N7/c1-27-16-13(9-23-27)15(24-12-7-18(19,20)8-12)25-17(26-16)22-10-14(21)11-5-3-2-4-6-11/h2-6,9,12,14H,7-8,10,21H2,1H3,(H2,22,24,25,26). The van der Waals surface area contributed by atoms with E-state index in [0.29, 0.717) is 25.3 Å². The Kier molecular flexibility index (Phi) is 4.84. The van der Waals surface area contributed by atoms with Crippen molar-refractivity contribution in [2.75, 3.05) is 17.2 Å². The van der Waals surface area contributed by atoms with E-state index in [1.807, 2.05) is 37.4 Å². The molecule has 1 saturated carbocycles. The summed E-state index contributed by atoms with van der Waals surface area (Å²) in [7, 11) is 1.85. The van der Waals surface area contributed by atoms with E-state index in [1.54, 1.807) is 10.9 Å². The minimum absolute atomic E-state index is 0.159. The monoisotopic (exact) mass is 405 g/mol. The van der Waals surface area contributed by atoms with E-state index >= 15 is 0 Å². The summed E-state index contributed by atoms with van der Waals surface area (Å²) in [6.07, 6.45) is 3.09. The van der Waals surface area contributed by atoms with Crippen molar-refractivity contribution < 1.29 is 0 Å². The van der Waals surface area contributed by atoms with Crippen molar-refractivity contribution in [3.05, 3.63) is 42.1 Å². The summed E-state index contributed by atoms with van der Waals surface area (Å²) in [5.74, 6) is 1.22. The minimum Gasteiger partial charge on any atom is -0.366 e. The number of aryl methyl sites for hydroxylation is 1. The number of halogens is 2. The molecule has 4 N–H and O–H groups in total. The van der Waals surface area contributed by atoms with Gasteiger partial charge >= 0.3 is 0 Å². The zero-order valence-electron chi connectivity index (χ0n) is 14.9. The molecule has 0 spiro atoms. The average molecular weight is 406 g/mol. The molecular weight excluding hydrogens is 385 g/mol. The molecule has 142 valence electrons. The molecule has 0 radical (unpaired) electrons. The van der Waals surface area contributed by atoms with E-state index in [4.69, 9.17) is 28.9 Å². The van der Waals surface area contributed by atoms with Gasteiger partial charge in [0, 0.05) is 38.5 Å². The molecule has 1 unspecified atom stereocenters. The Morgan fingerprint density at radius 2 is 2.00 bits per heavy atom. The van der Waals surface area contributed by atoms with E-state index < -0.39 is 4.33 Å². The van der Waals surface area contributed by atoms with Crippen molar-refractivity contribution in [2.24, 2.45) is 12.8 Å².